The summed E-state index contributed by atoms with van der Waals surface area (Å²) in [6.45, 7) is 1.80. The summed E-state index contributed by atoms with van der Waals surface area (Å²) < 4.78 is 72.7. The van der Waals surface area contributed by atoms with Gasteiger partial charge in [-0.05, 0) is 61.2 Å². The number of hydrogen-bond donors (Lipinski definition) is 0. The maximum absolute atomic E-state index is 14.2. The maximum Gasteiger partial charge on any atom is 0.417 e. The highest BCUT2D eigenvalue weighted by molar-refractivity contribution is 7.86. The standard InChI is InChI=1S/C27H21F3N2O3S/c1-17-9-13-21(14-10-17)36(33,34)35-32-24-8-4-7-23-26(24)22(27(28,29)30)16-25(31-23)20-12-11-18-5-2-3-6-19(18)15-20/h2-3,5-6,9-16H,4,7-8H2,1H3/b32-24+. The van der Waals surface area contributed by atoms with Crippen molar-refractivity contribution in [2.75, 3.05) is 0 Å². The van der Waals surface area contributed by atoms with Crippen molar-refractivity contribution in [2.24, 2.45) is 5.16 Å². The van der Waals surface area contributed by atoms with Gasteiger partial charge in [-0.3, -0.25) is 9.27 Å². The van der Waals surface area contributed by atoms with E-state index in [1.807, 2.05) is 30.3 Å². The molecule has 0 bridgehead atoms. The Morgan fingerprint density at radius 2 is 1.64 bits per heavy atom. The summed E-state index contributed by atoms with van der Waals surface area (Å²) in [6.07, 6.45) is -3.79. The number of hydrogen-bond acceptors (Lipinski definition) is 5. The Morgan fingerprint density at radius 1 is 0.917 bits per heavy atom. The summed E-state index contributed by atoms with van der Waals surface area (Å²) in [6, 6.07) is 19.9. The molecule has 4 aromatic rings. The smallest absolute Gasteiger partial charge is 0.264 e. The van der Waals surface area contributed by atoms with Gasteiger partial charge in [0.25, 0.3) is 0 Å². The van der Waals surface area contributed by atoms with Crippen LogP contribution in [0.5, 0.6) is 0 Å². The fourth-order valence-corrected chi connectivity index (χ4v) is 5.05. The third-order valence-electron chi connectivity index (χ3n) is 6.12. The lowest BCUT2D eigenvalue weighted by Gasteiger charge is -2.22. The molecule has 0 amide bonds. The van der Waals surface area contributed by atoms with Crippen LogP contribution < -0.4 is 0 Å². The summed E-state index contributed by atoms with van der Waals surface area (Å²) >= 11 is 0. The van der Waals surface area contributed by atoms with E-state index in [2.05, 4.69) is 10.1 Å². The van der Waals surface area contributed by atoms with Gasteiger partial charge in [0.05, 0.1) is 22.7 Å². The molecule has 5 nitrogen and oxygen atoms in total. The van der Waals surface area contributed by atoms with Crippen molar-refractivity contribution in [1.29, 1.82) is 0 Å². The van der Waals surface area contributed by atoms with Crippen molar-refractivity contribution in [3.8, 4) is 11.3 Å². The van der Waals surface area contributed by atoms with Crippen molar-refractivity contribution in [3.05, 3.63) is 95.2 Å². The van der Waals surface area contributed by atoms with Crippen molar-refractivity contribution in [3.63, 3.8) is 0 Å². The second-order valence-corrected chi connectivity index (χ2v) is 10.2. The van der Waals surface area contributed by atoms with Crippen LogP contribution >= 0.6 is 0 Å². The van der Waals surface area contributed by atoms with E-state index < -0.39 is 21.9 Å². The van der Waals surface area contributed by atoms with E-state index in [9.17, 15) is 21.6 Å². The summed E-state index contributed by atoms with van der Waals surface area (Å²) in [5, 5.41) is 5.56. The van der Waals surface area contributed by atoms with Crippen LogP contribution in [0.2, 0.25) is 0 Å². The maximum atomic E-state index is 14.2. The van der Waals surface area contributed by atoms with E-state index in [4.69, 9.17) is 4.28 Å². The van der Waals surface area contributed by atoms with Gasteiger partial charge in [-0.2, -0.15) is 21.6 Å². The van der Waals surface area contributed by atoms with Crippen molar-refractivity contribution < 1.29 is 25.9 Å². The molecule has 1 aromatic heterocycles. The Labute approximate surface area is 206 Å². The number of pyridine rings is 1. The normalized spacial score (nSPS) is 15.2. The molecule has 1 aliphatic rings. The molecule has 0 saturated heterocycles. The first-order valence-electron chi connectivity index (χ1n) is 11.3. The zero-order valence-corrected chi connectivity index (χ0v) is 20.0. The molecule has 0 N–H and O–H groups in total. The van der Waals surface area contributed by atoms with Gasteiger partial charge in [-0.1, -0.05) is 59.3 Å². The topological polar surface area (TPSA) is 68.6 Å². The molecule has 0 aliphatic heterocycles. The first-order chi connectivity index (χ1) is 17.1. The molecule has 0 saturated carbocycles. The minimum Gasteiger partial charge on any atom is -0.264 e. The molecule has 1 heterocycles. The highest BCUT2D eigenvalue weighted by Crippen LogP contribution is 2.39. The van der Waals surface area contributed by atoms with Gasteiger partial charge in [-0.15, -0.1) is 0 Å². The Hall–Kier alpha value is -3.72. The highest BCUT2D eigenvalue weighted by Gasteiger charge is 2.38. The average Bonchev–Trinajstić information content (AvgIpc) is 2.86. The van der Waals surface area contributed by atoms with E-state index in [1.165, 1.54) is 12.1 Å². The van der Waals surface area contributed by atoms with Gasteiger partial charge in [0, 0.05) is 11.1 Å². The van der Waals surface area contributed by atoms with Crippen LogP contribution in [0.15, 0.2) is 82.8 Å². The number of oxime groups is 1. The van der Waals surface area contributed by atoms with E-state index in [0.717, 1.165) is 22.4 Å². The molecule has 5 rings (SSSR count). The zero-order chi connectivity index (χ0) is 25.5. The fourth-order valence-electron chi connectivity index (χ4n) is 4.30. The molecular weight excluding hydrogens is 489 g/mol. The third kappa shape index (κ3) is 4.70. The largest absolute Gasteiger partial charge is 0.417 e. The number of benzene rings is 3. The number of nitrogens with zero attached hydrogens (tertiary/aromatic N) is 2. The van der Waals surface area contributed by atoms with Crippen LogP contribution in [0, 0.1) is 6.92 Å². The number of alkyl halides is 3. The minimum absolute atomic E-state index is 0.0863. The van der Waals surface area contributed by atoms with Crippen molar-refractivity contribution in [1.82, 2.24) is 4.98 Å². The Kier molecular flexibility index (Phi) is 6.04. The van der Waals surface area contributed by atoms with E-state index in [0.29, 0.717) is 18.4 Å². The van der Waals surface area contributed by atoms with E-state index in [1.54, 1.807) is 31.2 Å². The zero-order valence-electron chi connectivity index (χ0n) is 19.2. The summed E-state index contributed by atoms with van der Waals surface area (Å²) in [5.74, 6) is 0. The quantitative estimate of drug-likeness (QED) is 0.288. The van der Waals surface area contributed by atoms with Crippen LogP contribution in [0.3, 0.4) is 0 Å². The SMILES string of the molecule is Cc1ccc(S(=O)(=O)O/N=C2\CCCc3nc(-c4ccc5ccccc5c4)cc(C(F)(F)F)c32)cc1. The average molecular weight is 511 g/mol. The summed E-state index contributed by atoms with van der Waals surface area (Å²) in [7, 11) is -4.29. The molecule has 0 radical (unpaired) electrons. The van der Waals surface area contributed by atoms with Gasteiger partial charge >= 0.3 is 16.3 Å². The molecule has 0 atom stereocenters. The Balaban J connectivity index is 1.58. The number of aromatic nitrogens is 1. The van der Waals surface area contributed by atoms with Gasteiger partial charge < -0.3 is 0 Å². The third-order valence-corrected chi connectivity index (χ3v) is 7.24. The second-order valence-electron chi connectivity index (χ2n) is 8.67. The summed E-state index contributed by atoms with van der Waals surface area (Å²) in [4.78, 5) is 4.41. The molecule has 3 aromatic carbocycles. The van der Waals surface area contributed by atoms with Crippen molar-refractivity contribution >= 4 is 26.6 Å². The van der Waals surface area contributed by atoms with Crippen LogP contribution in [0.4, 0.5) is 13.2 Å². The number of fused-ring (bicyclic) bond motifs is 2. The lowest BCUT2D eigenvalue weighted by molar-refractivity contribution is -0.137. The van der Waals surface area contributed by atoms with Gasteiger partial charge in [-0.25, -0.2) is 0 Å². The fraction of sp³-hybridized carbons (Fsp3) is 0.185. The molecule has 184 valence electrons. The highest BCUT2D eigenvalue weighted by atomic mass is 32.2. The predicted octanol–water partition coefficient (Wildman–Crippen LogP) is 6.67. The molecule has 36 heavy (non-hydrogen) atoms. The number of rotatable bonds is 4. The van der Waals surface area contributed by atoms with Crippen molar-refractivity contribution in [2.45, 2.75) is 37.3 Å². The monoisotopic (exact) mass is 510 g/mol. The molecule has 0 spiro atoms. The van der Waals surface area contributed by atoms with Crippen LogP contribution in [0.1, 0.15) is 35.2 Å². The molecular formula is C27H21F3N2O3S. The van der Waals surface area contributed by atoms with Crippen LogP contribution in [0.25, 0.3) is 22.0 Å². The molecule has 1 aliphatic carbocycles. The Morgan fingerprint density at radius 3 is 2.36 bits per heavy atom. The lowest BCUT2D eigenvalue weighted by Crippen LogP contribution is -2.22. The predicted molar refractivity (Wildman–Crippen MR) is 131 cm³/mol. The van der Waals surface area contributed by atoms with Crippen LogP contribution in [-0.4, -0.2) is 19.1 Å². The second kappa shape index (κ2) is 9.05. The Bertz CT molecular complexity index is 1600. The first-order valence-corrected chi connectivity index (χ1v) is 12.7. The van der Waals surface area contributed by atoms with E-state index in [-0.39, 0.29) is 34.0 Å². The lowest BCUT2D eigenvalue weighted by atomic mass is 9.89. The molecule has 0 fully saturated rings. The summed E-state index contributed by atoms with van der Waals surface area (Å²) in [5.41, 5.74) is 0.615. The van der Waals surface area contributed by atoms with E-state index >= 15 is 0 Å². The number of aryl methyl sites for hydroxylation is 2. The van der Waals surface area contributed by atoms with Gasteiger partial charge in [0.2, 0.25) is 0 Å². The van der Waals surface area contributed by atoms with Crippen LogP contribution in [-0.2, 0) is 27.0 Å². The number of halogens is 3. The van der Waals surface area contributed by atoms with Gasteiger partial charge in [0.15, 0.2) is 0 Å². The minimum atomic E-state index is -4.70. The molecule has 9 heteroatoms. The first kappa shape index (κ1) is 24.0. The van der Waals surface area contributed by atoms with Gasteiger partial charge in [0.1, 0.15) is 4.90 Å². The molecule has 0 unspecified atom stereocenters.